The van der Waals surface area contributed by atoms with E-state index in [-0.39, 0.29) is 48.0 Å². The van der Waals surface area contributed by atoms with E-state index in [1.165, 1.54) is 4.90 Å². The smallest absolute Gasteiger partial charge is 0.250 e. The van der Waals surface area contributed by atoms with Gasteiger partial charge in [-0.3, -0.25) is 24.1 Å². The summed E-state index contributed by atoms with van der Waals surface area (Å²) in [6.45, 7) is 5.73. The average Bonchev–Trinajstić information content (AvgIpc) is 3.04. The van der Waals surface area contributed by atoms with E-state index < -0.39 is 5.41 Å². The SMILES string of the molecule is CCN1C(=O)C[C@](CC(=O)N2C[C@H]3C[C@@H](C2)c2cccc(=O)n2C3)(c2ccccc2C)C1=O. The molecule has 3 amide bonds. The maximum Gasteiger partial charge on any atom is 0.250 e. The molecule has 1 aromatic carbocycles. The fourth-order valence-corrected chi connectivity index (χ4v) is 6.14. The summed E-state index contributed by atoms with van der Waals surface area (Å²) in [6.07, 6.45) is 0.965. The van der Waals surface area contributed by atoms with E-state index in [9.17, 15) is 19.2 Å². The molecule has 172 valence electrons. The van der Waals surface area contributed by atoms with Crippen molar-refractivity contribution in [2.75, 3.05) is 19.6 Å². The number of pyridine rings is 1. The molecule has 2 fully saturated rings. The highest BCUT2D eigenvalue weighted by Crippen LogP contribution is 2.43. The van der Waals surface area contributed by atoms with Gasteiger partial charge in [-0.05, 0) is 43.4 Å². The molecule has 4 heterocycles. The number of benzene rings is 1. The number of fused-ring (bicyclic) bond motifs is 4. The van der Waals surface area contributed by atoms with Gasteiger partial charge in [-0.1, -0.05) is 30.3 Å². The lowest BCUT2D eigenvalue weighted by atomic mass is 9.73. The minimum atomic E-state index is -1.16. The number of carbonyl (C=O) groups excluding carboxylic acids is 3. The van der Waals surface area contributed by atoms with Crippen LogP contribution >= 0.6 is 0 Å². The van der Waals surface area contributed by atoms with Crippen LogP contribution in [0.3, 0.4) is 0 Å². The van der Waals surface area contributed by atoms with Crippen LogP contribution in [0.25, 0.3) is 0 Å². The number of amides is 3. The third-order valence-electron chi connectivity index (χ3n) is 7.67. The van der Waals surface area contributed by atoms with Gasteiger partial charge in [0.25, 0.3) is 5.56 Å². The standard InChI is InChI=1S/C26H29N3O4/c1-3-28-24(32)13-26(25(28)33,20-8-5-4-7-17(20)2)12-23(31)27-14-18-11-19(16-27)21-9-6-10-22(30)29(21)15-18/h4-10,18-19H,3,11-16H2,1-2H3/t18-,19+,26-/m1/s1. The second-order valence-corrected chi connectivity index (χ2v) is 9.69. The van der Waals surface area contributed by atoms with Crippen LogP contribution in [0.15, 0.2) is 47.3 Å². The normalized spacial score (nSPS) is 26.5. The molecule has 2 aromatic rings. The van der Waals surface area contributed by atoms with Gasteiger partial charge < -0.3 is 9.47 Å². The molecule has 0 N–H and O–H groups in total. The lowest BCUT2D eigenvalue weighted by Crippen LogP contribution is -2.51. The van der Waals surface area contributed by atoms with Crippen LogP contribution in [0.2, 0.25) is 0 Å². The number of imide groups is 1. The Hall–Kier alpha value is -3.22. The number of hydrogen-bond acceptors (Lipinski definition) is 4. The van der Waals surface area contributed by atoms with Crippen molar-refractivity contribution >= 4 is 17.7 Å². The summed E-state index contributed by atoms with van der Waals surface area (Å²) in [5.41, 5.74) is 1.51. The van der Waals surface area contributed by atoms with E-state index in [0.717, 1.165) is 23.2 Å². The van der Waals surface area contributed by atoms with Crippen molar-refractivity contribution in [3.8, 4) is 0 Å². The summed E-state index contributed by atoms with van der Waals surface area (Å²) in [5.74, 6) is -0.270. The zero-order valence-electron chi connectivity index (χ0n) is 19.1. The summed E-state index contributed by atoms with van der Waals surface area (Å²) < 4.78 is 1.84. The highest BCUT2D eigenvalue weighted by molar-refractivity contribution is 6.10. The minimum Gasteiger partial charge on any atom is -0.342 e. The zero-order valence-corrected chi connectivity index (χ0v) is 19.1. The van der Waals surface area contributed by atoms with E-state index >= 15 is 0 Å². The second-order valence-electron chi connectivity index (χ2n) is 9.69. The van der Waals surface area contributed by atoms with E-state index in [1.807, 2.05) is 46.7 Å². The van der Waals surface area contributed by atoms with Gasteiger partial charge in [0, 0.05) is 56.7 Å². The maximum atomic E-state index is 13.7. The van der Waals surface area contributed by atoms with Crippen LogP contribution in [0, 0.1) is 12.8 Å². The molecular formula is C26H29N3O4. The number of piperidine rings is 1. The van der Waals surface area contributed by atoms with E-state index in [1.54, 1.807) is 19.1 Å². The molecule has 3 aliphatic rings. The molecule has 0 saturated carbocycles. The number of nitrogens with zero attached hydrogens (tertiary/aromatic N) is 3. The first-order chi connectivity index (χ1) is 15.8. The Balaban J connectivity index is 1.46. The van der Waals surface area contributed by atoms with Crippen LogP contribution < -0.4 is 5.56 Å². The monoisotopic (exact) mass is 447 g/mol. The summed E-state index contributed by atoms with van der Waals surface area (Å²) >= 11 is 0. The number of rotatable bonds is 4. The first-order valence-corrected chi connectivity index (χ1v) is 11.7. The lowest BCUT2D eigenvalue weighted by molar-refractivity contribution is -0.143. The molecule has 2 saturated heterocycles. The molecule has 0 spiro atoms. The van der Waals surface area contributed by atoms with E-state index in [0.29, 0.717) is 26.2 Å². The van der Waals surface area contributed by atoms with Crippen molar-refractivity contribution in [2.24, 2.45) is 5.92 Å². The fraction of sp³-hybridized carbons (Fsp3) is 0.462. The number of likely N-dealkylation sites (N-methyl/N-ethyl adjacent to an activating group) is 1. The van der Waals surface area contributed by atoms with Gasteiger partial charge in [0.1, 0.15) is 0 Å². The third-order valence-corrected chi connectivity index (χ3v) is 7.67. The molecular weight excluding hydrogens is 418 g/mol. The first-order valence-electron chi connectivity index (χ1n) is 11.7. The van der Waals surface area contributed by atoms with Gasteiger partial charge in [0.05, 0.1) is 5.41 Å². The van der Waals surface area contributed by atoms with E-state index in [2.05, 4.69) is 0 Å². The highest BCUT2D eigenvalue weighted by atomic mass is 16.2. The minimum absolute atomic E-state index is 0.00945. The Morgan fingerprint density at radius 3 is 2.55 bits per heavy atom. The molecule has 33 heavy (non-hydrogen) atoms. The largest absolute Gasteiger partial charge is 0.342 e. The van der Waals surface area contributed by atoms with Crippen molar-refractivity contribution in [1.29, 1.82) is 0 Å². The van der Waals surface area contributed by atoms with E-state index in [4.69, 9.17) is 0 Å². The third kappa shape index (κ3) is 3.41. The fourth-order valence-electron chi connectivity index (χ4n) is 6.14. The Morgan fingerprint density at radius 2 is 1.82 bits per heavy atom. The zero-order chi connectivity index (χ0) is 23.3. The Labute approximate surface area is 193 Å². The van der Waals surface area contributed by atoms with Crippen LogP contribution in [-0.4, -0.2) is 51.7 Å². The van der Waals surface area contributed by atoms with Gasteiger partial charge in [-0.15, -0.1) is 0 Å². The van der Waals surface area contributed by atoms with Gasteiger partial charge in [0.2, 0.25) is 17.7 Å². The van der Waals surface area contributed by atoms with Crippen LogP contribution in [0.4, 0.5) is 0 Å². The summed E-state index contributed by atoms with van der Waals surface area (Å²) in [6, 6.07) is 12.9. The van der Waals surface area contributed by atoms with Gasteiger partial charge in [0.15, 0.2) is 0 Å². The summed E-state index contributed by atoms with van der Waals surface area (Å²) in [7, 11) is 0. The average molecular weight is 448 g/mol. The van der Waals surface area contributed by atoms with Crippen LogP contribution in [0.1, 0.15) is 48.9 Å². The predicted molar refractivity (Wildman–Crippen MR) is 123 cm³/mol. The van der Waals surface area contributed by atoms with Crippen LogP contribution in [-0.2, 0) is 26.3 Å². The number of aromatic nitrogens is 1. The molecule has 2 bridgehead atoms. The molecule has 0 radical (unpaired) electrons. The molecule has 7 heteroatoms. The highest BCUT2D eigenvalue weighted by Gasteiger charge is 2.54. The topological polar surface area (TPSA) is 79.7 Å². The first kappa shape index (κ1) is 21.6. The molecule has 0 unspecified atom stereocenters. The van der Waals surface area contributed by atoms with Gasteiger partial charge in [-0.25, -0.2) is 0 Å². The van der Waals surface area contributed by atoms with Crippen molar-refractivity contribution < 1.29 is 14.4 Å². The van der Waals surface area contributed by atoms with Crippen molar-refractivity contribution in [2.45, 2.75) is 51.0 Å². The molecule has 1 aromatic heterocycles. The lowest BCUT2D eigenvalue weighted by Gasteiger charge is -2.43. The number of aryl methyl sites for hydroxylation is 1. The molecule has 7 nitrogen and oxygen atoms in total. The van der Waals surface area contributed by atoms with Gasteiger partial charge in [-0.2, -0.15) is 0 Å². The Kier molecular flexibility index (Phi) is 5.22. The maximum absolute atomic E-state index is 13.7. The van der Waals surface area contributed by atoms with Gasteiger partial charge >= 0.3 is 0 Å². The Morgan fingerprint density at radius 1 is 1.03 bits per heavy atom. The predicted octanol–water partition coefficient (Wildman–Crippen LogP) is 2.21. The summed E-state index contributed by atoms with van der Waals surface area (Å²) in [5, 5.41) is 0. The summed E-state index contributed by atoms with van der Waals surface area (Å²) in [4.78, 5) is 55.4. The Bertz CT molecular complexity index is 1200. The molecule has 0 aliphatic carbocycles. The quantitative estimate of drug-likeness (QED) is 0.673. The number of carbonyl (C=O) groups is 3. The molecule has 3 aliphatic heterocycles. The van der Waals surface area contributed by atoms with Crippen molar-refractivity contribution in [3.63, 3.8) is 0 Å². The van der Waals surface area contributed by atoms with Crippen molar-refractivity contribution in [1.82, 2.24) is 14.4 Å². The van der Waals surface area contributed by atoms with Crippen molar-refractivity contribution in [3.05, 3.63) is 69.6 Å². The van der Waals surface area contributed by atoms with Crippen LogP contribution in [0.5, 0.6) is 0 Å². The molecule has 3 atom stereocenters. The molecule has 5 rings (SSSR count). The second kappa shape index (κ2) is 7.97. The number of likely N-dealkylation sites (tertiary alicyclic amines) is 2. The number of hydrogen-bond donors (Lipinski definition) is 0.